The zero-order valence-corrected chi connectivity index (χ0v) is 17.6. The Labute approximate surface area is 181 Å². The minimum Gasteiger partial charge on any atom is -0.363 e. The van der Waals surface area contributed by atoms with Gasteiger partial charge >= 0.3 is 0 Å². The van der Waals surface area contributed by atoms with Crippen LogP contribution in [-0.2, 0) is 0 Å². The predicted octanol–water partition coefficient (Wildman–Crippen LogP) is 5.63. The molecule has 2 aromatic heterocycles. The largest absolute Gasteiger partial charge is 0.363 e. The molecular weight excluding hydrogens is 487 g/mol. The number of hydrogen-bond donors (Lipinski definition) is 1. The number of pyridine rings is 1. The maximum absolute atomic E-state index is 14.5. The number of anilines is 1. The van der Waals surface area contributed by atoms with Gasteiger partial charge < -0.3 is 9.88 Å². The fraction of sp³-hybridized carbons (Fsp3) is 0.350. The fourth-order valence-corrected chi connectivity index (χ4v) is 4.13. The number of hydrogen-bond acceptors (Lipinski definition) is 4. The molecule has 0 unspecified atom stereocenters. The van der Waals surface area contributed by atoms with Crippen molar-refractivity contribution in [2.45, 2.75) is 38.3 Å². The topological polar surface area (TPSA) is 59.8 Å². The van der Waals surface area contributed by atoms with E-state index in [1.807, 2.05) is 0 Å². The van der Waals surface area contributed by atoms with Crippen molar-refractivity contribution in [1.82, 2.24) is 14.5 Å². The van der Waals surface area contributed by atoms with Gasteiger partial charge in [-0.2, -0.15) is 0 Å². The number of benzene rings is 1. The standard InChI is InChI=1S/C20H16BrF5N4O/c1-8(9-3-2-4-10(15(9)22)17(23)24)29-19-12-6-30(13-5-11(13)18(25)26)20(31)14(21)16(12)27-7-28-19/h2-4,6-8,11,13,17-18H,5H2,1H3,(H,27,28,29)/t8-,11+,13+/m1/s1. The summed E-state index contributed by atoms with van der Waals surface area (Å²) in [4.78, 5) is 20.8. The van der Waals surface area contributed by atoms with Crippen LogP contribution >= 0.6 is 15.9 Å². The summed E-state index contributed by atoms with van der Waals surface area (Å²) in [5, 5.41) is 3.31. The molecule has 1 aromatic carbocycles. The Morgan fingerprint density at radius 3 is 2.55 bits per heavy atom. The van der Waals surface area contributed by atoms with Crippen molar-refractivity contribution in [2.24, 2.45) is 5.92 Å². The summed E-state index contributed by atoms with van der Waals surface area (Å²) >= 11 is 3.18. The molecule has 11 heteroatoms. The van der Waals surface area contributed by atoms with Crippen molar-refractivity contribution >= 4 is 32.7 Å². The lowest BCUT2D eigenvalue weighted by Gasteiger charge is -2.19. The van der Waals surface area contributed by atoms with Gasteiger partial charge in [0.05, 0.1) is 22.5 Å². The normalized spacial score (nSPS) is 19.3. The molecule has 0 spiro atoms. The van der Waals surface area contributed by atoms with Crippen LogP contribution in [0.5, 0.6) is 0 Å². The lowest BCUT2D eigenvalue weighted by Crippen LogP contribution is -2.22. The molecule has 2 heterocycles. The van der Waals surface area contributed by atoms with Gasteiger partial charge in [0.15, 0.2) is 0 Å². The highest BCUT2D eigenvalue weighted by molar-refractivity contribution is 9.10. The Balaban J connectivity index is 1.74. The Morgan fingerprint density at radius 1 is 1.19 bits per heavy atom. The van der Waals surface area contributed by atoms with E-state index in [-0.39, 0.29) is 27.8 Å². The maximum Gasteiger partial charge on any atom is 0.267 e. The minimum atomic E-state index is -2.96. The van der Waals surface area contributed by atoms with Crippen molar-refractivity contribution in [3.63, 3.8) is 0 Å². The molecule has 0 bridgehead atoms. The van der Waals surface area contributed by atoms with Crippen molar-refractivity contribution in [2.75, 3.05) is 5.32 Å². The highest BCUT2D eigenvalue weighted by Crippen LogP contribution is 2.47. The first kappa shape index (κ1) is 21.7. The molecule has 31 heavy (non-hydrogen) atoms. The number of aromatic nitrogens is 3. The molecule has 164 valence electrons. The van der Waals surface area contributed by atoms with Crippen molar-refractivity contribution in [3.8, 4) is 0 Å². The molecule has 1 fully saturated rings. The molecule has 5 nitrogen and oxygen atoms in total. The third-order valence-electron chi connectivity index (χ3n) is 5.38. The summed E-state index contributed by atoms with van der Waals surface area (Å²) in [7, 11) is 0. The van der Waals surface area contributed by atoms with Crippen LogP contribution in [0, 0.1) is 11.7 Å². The average Bonchev–Trinajstić information content (AvgIpc) is 3.52. The summed E-state index contributed by atoms with van der Waals surface area (Å²) in [6.07, 6.45) is -2.73. The Hall–Kier alpha value is -2.56. The Kier molecular flexibility index (Phi) is 5.71. The van der Waals surface area contributed by atoms with E-state index in [9.17, 15) is 26.7 Å². The lowest BCUT2D eigenvalue weighted by molar-refractivity contribution is 0.116. The van der Waals surface area contributed by atoms with Gasteiger partial charge in [-0.15, -0.1) is 0 Å². The first-order chi connectivity index (χ1) is 14.7. The molecule has 0 amide bonds. The van der Waals surface area contributed by atoms with Crippen LogP contribution in [0.2, 0.25) is 0 Å². The number of halogens is 6. The fourth-order valence-electron chi connectivity index (χ4n) is 3.61. The van der Waals surface area contributed by atoms with E-state index in [1.165, 1.54) is 29.2 Å². The SMILES string of the molecule is C[C@@H](Nc1ncnc2c(Br)c(=O)n([C@H]3C[C@@H]3C(F)F)cc12)c1cccc(C(F)F)c1F. The van der Waals surface area contributed by atoms with Crippen molar-refractivity contribution < 1.29 is 22.0 Å². The molecule has 1 aliphatic rings. The molecule has 0 radical (unpaired) electrons. The molecule has 1 N–H and O–H groups in total. The summed E-state index contributed by atoms with van der Waals surface area (Å²) in [5.74, 6) is -1.72. The van der Waals surface area contributed by atoms with Crippen LogP contribution < -0.4 is 10.9 Å². The number of nitrogens with one attached hydrogen (secondary N) is 1. The predicted molar refractivity (Wildman–Crippen MR) is 108 cm³/mol. The number of fused-ring (bicyclic) bond motifs is 1. The van der Waals surface area contributed by atoms with Crippen LogP contribution in [0.25, 0.3) is 10.9 Å². The monoisotopic (exact) mass is 502 g/mol. The van der Waals surface area contributed by atoms with E-state index in [0.29, 0.717) is 5.39 Å². The van der Waals surface area contributed by atoms with Crippen molar-refractivity contribution in [1.29, 1.82) is 0 Å². The molecular formula is C20H16BrF5N4O. The van der Waals surface area contributed by atoms with Crippen LogP contribution in [0.4, 0.5) is 27.8 Å². The van der Waals surface area contributed by atoms with E-state index < -0.39 is 47.8 Å². The Morgan fingerprint density at radius 2 is 1.90 bits per heavy atom. The number of nitrogens with zero attached hydrogens (tertiary/aromatic N) is 3. The van der Waals surface area contributed by atoms with E-state index >= 15 is 0 Å². The third-order valence-corrected chi connectivity index (χ3v) is 6.10. The van der Waals surface area contributed by atoms with Crippen LogP contribution in [0.1, 0.15) is 43.0 Å². The zero-order valence-electron chi connectivity index (χ0n) is 16.0. The van der Waals surface area contributed by atoms with E-state index in [2.05, 4.69) is 31.2 Å². The van der Waals surface area contributed by atoms with Crippen LogP contribution in [0.3, 0.4) is 0 Å². The lowest BCUT2D eigenvalue weighted by atomic mass is 10.0. The van der Waals surface area contributed by atoms with Gasteiger partial charge in [-0.1, -0.05) is 18.2 Å². The average molecular weight is 503 g/mol. The first-order valence-electron chi connectivity index (χ1n) is 9.37. The van der Waals surface area contributed by atoms with Gasteiger partial charge in [0, 0.05) is 23.7 Å². The summed E-state index contributed by atoms with van der Waals surface area (Å²) in [6.45, 7) is 1.57. The smallest absolute Gasteiger partial charge is 0.267 e. The molecule has 1 saturated carbocycles. The van der Waals surface area contributed by atoms with Crippen molar-refractivity contribution in [3.05, 3.63) is 62.5 Å². The molecule has 0 aliphatic heterocycles. The van der Waals surface area contributed by atoms with Gasteiger partial charge in [0.1, 0.15) is 22.4 Å². The molecule has 3 aromatic rings. The van der Waals surface area contributed by atoms with E-state index in [0.717, 1.165) is 6.07 Å². The second kappa shape index (κ2) is 8.18. The second-order valence-electron chi connectivity index (χ2n) is 7.36. The van der Waals surface area contributed by atoms with Crippen LogP contribution in [-0.4, -0.2) is 21.0 Å². The zero-order chi connectivity index (χ0) is 22.4. The molecule has 4 rings (SSSR count). The minimum absolute atomic E-state index is 0.0110. The van der Waals surface area contributed by atoms with Gasteiger partial charge in [-0.05, 0) is 29.3 Å². The second-order valence-corrected chi connectivity index (χ2v) is 8.15. The molecule has 3 atom stereocenters. The van der Waals surface area contributed by atoms with Gasteiger partial charge in [-0.3, -0.25) is 4.79 Å². The van der Waals surface area contributed by atoms with Crippen LogP contribution in [0.15, 0.2) is 40.0 Å². The highest BCUT2D eigenvalue weighted by Gasteiger charge is 2.46. The Bertz CT molecular complexity index is 1200. The van der Waals surface area contributed by atoms with Gasteiger partial charge in [-0.25, -0.2) is 31.9 Å². The summed E-state index contributed by atoms with van der Waals surface area (Å²) < 4.78 is 67.9. The molecule has 0 saturated heterocycles. The maximum atomic E-state index is 14.5. The molecule has 1 aliphatic carbocycles. The van der Waals surface area contributed by atoms with Gasteiger partial charge in [0.2, 0.25) is 6.43 Å². The third kappa shape index (κ3) is 3.90. The quantitative estimate of drug-likeness (QED) is 0.443. The van der Waals surface area contributed by atoms with E-state index in [1.54, 1.807) is 6.92 Å². The number of alkyl halides is 4. The van der Waals surface area contributed by atoms with E-state index in [4.69, 9.17) is 0 Å². The summed E-state index contributed by atoms with van der Waals surface area (Å²) in [5.41, 5.74) is -0.935. The number of rotatable bonds is 6. The highest BCUT2D eigenvalue weighted by atomic mass is 79.9. The summed E-state index contributed by atoms with van der Waals surface area (Å²) in [6, 6.07) is 2.33. The first-order valence-corrected chi connectivity index (χ1v) is 10.2. The van der Waals surface area contributed by atoms with Gasteiger partial charge in [0.25, 0.3) is 12.0 Å².